The van der Waals surface area contributed by atoms with Gasteiger partial charge in [0.2, 0.25) is 5.95 Å². The second kappa shape index (κ2) is 8.75. The van der Waals surface area contributed by atoms with Crippen LogP contribution < -0.4 is 5.32 Å². The van der Waals surface area contributed by atoms with Gasteiger partial charge in [-0.3, -0.25) is 4.79 Å². The molecule has 31 heavy (non-hydrogen) atoms. The van der Waals surface area contributed by atoms with Crippen LogP contribution in [0.2, 0.25) is 0 Å². The average Bonchev–Trinajstić information content (AvgIpc) is 2.79. The first-order valence-corrected chi connectivity index (χ1v) is 10.0. The predicted octanol–water partition coefficient (Wildman–Crippen LogP) is 4.88. The number of nitrogens with zero attached hydrogens (tertiary/aromatic N) is 3. The first-order valence-electron chi connectivity index (χ1n) is 10.0. The summed E-state index contributed by atoms with van der Waals surface area (Å²) in [7, 11) is 0. The van der Waals surface area contributed by atoms with Crippen molar-refractivity contribution >= 4 is 11.9 Å². The summed E-state index contributed by atoms with van der Waals surface area (Å²) in [6, 6.07) is 16.1. The number of halogens is 3. The summed E-state index contributed by atoms with van der Waals surface area (Å²) in [6.07, 6.45) is -1.30. The Morgan fingerprint density at radius 2 is 1.65 bits per heavy atom. The number of hydrogen-bond donors (Lipinski definition) is 1. The maximum atomic E-state index is 12.7. The van der Waals surface area contributed by atoms with Crippen LogP contribution in [-0.2, 0) is 6.18 Å². The second-order valence-corrected chi connectivity index (χ2v) is 7.42. The third kappa shape index (κ3) is 5.02. The lowest BCUT2D eigenvalue weighted by atomic mass is 10.0. The summed E-state index contributed by atoms with van der Waals surface area (Å²) < 4.78 is 38.1. The van der Waals surface area contributed by atoms with Crippen LogP contribution in [0.3, 0.4) is 0 Å². The van der Waals surface area contributed by atoms with E-state index in [0.29, 0.717) is 31.9 Å². The number of anilines is 1. The molecule has 5 nitrogen and oxygen atoms in total. The zero-order valence-corrected chi connectivity index (χ0v) is 16.6. The summed E-state index contributed by atoms with van der Waals surface area (Å²) in [5.41, 5.74) is 1.33. The minimum Gasteiger partial charge on any atom is -0.351 e. The molecule has 2 aromatic carbocycles. The molecule has 0 atom stereocenters. The molecule has 2 heterocycles. The predicted molar refractivity (Wildman–Crippen MR) is 111 cm³/mol. The molecule has 1 aliphatic heterocycles. The third-order valence-corrected chi connectivity index (χ3v) is 5.30. The summed E-state index contributed by atoms with van der Waals surface area (Å²) in [4.78, 5) is 23.2. The second-order valence-electron chi connectivity index (χ2n) is 7.42. The Hall–Kier alpha value is -3.42. The maximum Gasteiger partial charge on any atom is 0.416 e. The Bertz CT molecular complexity index is 1030. The number of rotatable bonds is 4. The van der Waals surface area contributed by atoms with Gasteiger partial charge in [0.25, 0.3) is 5.91 Å². The molecule has 4 rings (SSSR count). The van der Waals surface area contributed by atoms with Crippen LogP contribution in [0, 0.1) is 0 Å². The van der Waals surface area contributed by atoms with E-state index in [9.17, 15) is 18.0 Å². The van der Waals surface area contributed by atoms with Crippen LogP contribution in [0.4, 0.5) is 19.1 Å². The van der Waals surface area contributed by atoms with Gasteiger partial charge >= 0.3 is 6.18 Å². The zero-order chi connectivity index (χ0) is 21.8. The van der Waals surface area contributed by atoms with Crippen molar-refractivity contribution in [1.82, 2.24) is 14.9 Å². The minimum absolute atomic E-state index is 0.114. The Balaban J connectivity index is 1.34. The highest BCUT2D eigenvalue weighted by molar-refractivity contribution is 5.94. The van der Waals surface area contributed by atoms with Crippen molar-refractivity contribution in [3.63, 3.8) is 0 Å². The molecule has 1 amide bonds. The summed E-state index contributed by atoms with van der Waals surface area (Å²) in [5, 5.41) is 3.33. The van der Waals surface area contributed by atoms with Crippen LogP contribution in [0.25, 0.3) is 11.3 Å². The zero-order valence-electron chi connectivity index (χ0n) is 16.6. The van der Waals surface area contributed by atoms with Crippen molar-refractivity contribution in [3.8, 4) is 11.3 Å². The monoisotopic (exact) mass is 426 g/mol. The fourth-order valence-electron chi connectivity index (χ4n) is 3.59. The molecule has 1 N–H and O–H groups in total. The number of piperidine rings is 1. The number of carbonyl (C=O) groups excluding carboxylic acids is 1. The Labute approximate surface area is 178 Å². The van der Waals surface area contributed by atoms with Gasteiger partial charge in [-0.25, -0.2) is 9.97 Å². The van der Waals surface area contributed by atoms with E-state index in [1.807, 2.05) is 36.4 Å². The topological polar surface area (TPSA) is 58.1 Å². The highest BCUT2D eigenvalue weighted by atomic mass is 19.4. The highest BCUT2D eigenvalue weighted by Gasteiger charge is 2.31. The standard InChI is InChI=1S/C23H21F3N4O/c24-23(25,26)18-8-6-17(7-9-18)21(31)30-14-11-19(12-15-30)28-22-27-13-10-20(29-22)16-4-2-1-3-5-16/h1-10,13,19H,11-12,14-15H2,(H,27,28,29). The Kier molecular flexibility index (Phi) is 5.88. The number of amides is 1. The van der Waals surface area contributed by atoms with E-state index in [1.165, 1.54) is 12.1 Å². The van der Waals surface area contributed by atoms with Crippen molar-refractivity contribution in [2.45, 2.75) is 25.1 Å². The molecular weight excluding hydrogens is 405 g/mol. The Morgan fingerprint density at radius 1 is 0.968 bits per heavy atom. The number of nitrogens with one attached hydrogen (secondary N) is 1. The van der Waals surface area contributed by atoms with Crippen molar-refractivity contribution < 1.29 is 18.0 Å². The van der Waals surface area contributed by atoms with E-state index in [1.54, 1.807) is 11.1 Å². The van der Waals surface area contributed by atoms with E-state index >= 15 is 0 Å². The van der Waals surface area contributed by atoms with E-state index in [0.717, 1.165) is 23.4 Å². The molecule has 0 bridgehead atoms. The molecule has 0 radical (unpaired) electrons. The molecule has 0 spiro atoms. The van der Waals surface area contributed by atoms with Crippen LogP contribution >= 0.6 is 0 Å². The van der Waals surface area contributed by atoms with E-state index in [-0.39, 0.29) is 17.5 Å². The smallest absolute Gasteiger partial charge is 0.351 e. The van der Waals surface area contributed by atoms with Crippen molar-refractivity contribution in [2.24, 2.45) is 0 Å². The lowest BCUT2D eigenvalue weighted by Crippen LogP contribution is -2.42. The average molecular weight is 426 g/mol. The summed E-state index contributed by atoms with van der Waals surface area (Å²) in [5.74, 6) is 0.281. The first-order chi connectivity index (χ1) is 14.9. The first kappa shape index (κ1) is 20.8. The Morgan fingerprint density at radius 3 is 2.29 bits per heavy atom. The molecule has 0 aliphatic carbocycles. The van der Waals surface area contributed by atoms with Crippen LogP contribution in [0.15, 0.2) is 66.9 Å². The molecule has 8 heteroatoms. The highest BCUT2D eigenvalue weighted by Crippen LogP contribution is 2.29. The van der Waals surface area contributed by atoms with Crippen LogP contribution in [0.1, 0.15) is 28.8 Å². The van der Waals surface area contributed by atoms with Gasteiger partial charge in [-0.2, -0.15) is 13.2 Å². The fraction of sp³-hybridized carbons (Fsp3) is 0.261. The van der Waals surface area contributed by atoms with Gasteiger partial charge in [0.15, 0.2) is 0 Å². The molecule has 1 saturated heterocycles. The van der Waals surface area contributed by atoms with Gasteiger partial charge in [-0.1, -0.05) is 30.3 Å². The lowest BCUT2D eigenvalue weighted by molar-refractivity contribution is -0.137. The normalized spacial score (nSPS) is 15.0. The van der Waals surface area contributed by atoms with E-state index < -0.39 is 11.7 Å². The molecule has 3 aromatic rings. The molecular formula is C23H21F3N4O. The van der Waals surface area contributed by atoms with Gasteiger partial charge in [0, 0.05) is 36.5 Å². The minimum atomic E-state index is -4.41. The van der Waals surface area contributed by atoms with Gasteiger partial charge in [0.1, 0.15) is 0 Å². The molecule has 1 fully saturated rings. The quantitative estimate of drug-likeness (QED) is 0.646. The fourth-order valence-corrected chi connectivity index (χ4v) is 3.59. The molecule has 0 unspecified atom stereocenters. The maximum absolute atomic E-state index is 12.7. The summed E-state index contributed by atoms with van der Waals surface area (Å²) in [6.45, 7) is 1.02. The van der Waals surface area contributed by atoms with E-state index in [4.69, 9.17) is 0 Å². The number of hydrogen-bond acceptors (Lipinski definition) is 4. The lowest BCUT2D eigenvalue weighted by Gasteiger charge is -2.32. The number of aromatic nitrogens is 2. The van der Waals surface area contributed by atoms with E-state index in [2.05, 4.69) is 15.3 Å². The number of likely N-dealkylation sites (tertiary alicyclic amines) is 1. The molecule has 0 saturated carbocycles. The largest absolute Gasteiger partial charge is 0.416 e. The van der Waals surface area contributed by atoms with Crippen molar-refractivity contribution in [2.75, 3.05) is 18.4 Å². The summed E-state index contributed by atoms with van der Waals surface area (Å²) >= 11 is 0. The van der Waals surface area contributed by atoms with Crippen LogP contribution in [0.5, 0.6) is 0 Å². The van der Waals surface area contributed by atoms with Gasteiger partial charge in [-0.15, -0.1) is 0 Å². The third-order valence-electron chi connectivity index (χ3n) is 5.30. The van der Waals surface area contributed by atoms with Crippen molar-refractivity contribution in [3.05, 3.63) is 78.0 Å². The number of alkyl halides is 3. The van der Waals surface area contributed by atoms with Gasteiger partial charge in [-0.05, 0) is 43.2 Å². The van der Waals surface area contributed by atoms with Crippen LogP contribution in [-0.4, -0.2) is 39.9 Å². The molecule has 1 aliphatic rings. The molecule has 1 aromatic heterocycles. The van der Waals surface area contributed by atoms with Gasteiger partial charge < -0.3 is 10.2 Å². The number of benzene rings is 2. The number of carbonyl (C=O) groups is 1. The molecule has 160 valence electrons. The van der Waals surface area contributed by atoms with Gasteiger partial charge in [0.05, 0.1) is 11.3 Å². The SMILES string of the molecule is O=C(c1ccc(C(F)(F)F)cc1)N1CCC(Nc2nccc(-c3ccccc3)n2)CC1. The van der Waals surface area contributed by atoms with Crippen molar-refractivity contribution in [1.29, 1.82) is 0 Å².